The predicted octanol–water partition coefficient (Wildman–Crippen LogP) is 5.33. The minimum atomic E-state index is -0.186. The second kappa shape index (κ2) is 9.89. The third kappa shape index (κ3) is 5.80. The molecule has 1 N–H and O–H groups in total. The lowest BCUT2D eigenvalue weighted by molar-refractivity contribution is -0.118. The zero-order valence-corrected chi connectivity index (χ0v) is 20.6. The maximum atomic E-state index is 12.1. The molecular weight excluding hydrogens is 482 g/mol. The summed E-state index contributed by atoms with van der Waals surface area (Å²) in [6.45, 7) is 9.35. The molecule has 0 fully saturated rings. The van der Waals surface area contributed by atoms with Crippen LogP contribution in [0.2, 0.25) is 0 Å². The van der Waals surface area contributed by atoms with Crippen LogP contribution < -0.4 is 5.43 Å². The van der Waals surface area contributed by atoms with Crippen LogP contribution in [0.5, 0.6) is 0 Å². The fourth-order valence-electron chi connectivity index (χ4n) is 2.74. The van der Waals surface area contributed by atoms with Gasteiger partial charge < -0.3 is 4.57 Å². The van der Waals surface area contributed by atoms with Crippen molar-refractivity contribution in [2.75, 3.05) is 5.75 Å². The molecule has 0 unspecified atom stereocenters. The molecule has 6 nitrogen and oxygen atoms in total. The van der Waals surface area contributed by atoms with E-state index in [4.69, 9.17) is 0 Å². The van der Waals surface area contributed by atoms with Gasteiger partial charge in [0.1, 0.15) is 0 Å². The summed E-state index contributed by atoms with van der Waals surface area (Å²) in [6.07, 6.45) is 1.63. The minimum Gasteiger partial charge on any atom is -0.302 e. The first-order valence-corrected chi connectivity index (χ1v) is 12.1. The molecule has 0 aliphatic carbocycles. The second-order valence-electron chi connectivity index (χ2n) is 7.60. The van der Waals surface area contributed by atoms with Crippen LogP contribution in [0.25, 0.3) is 11.4 Å². The Bertz CT molecular complexity index is 1030. The molecule has 9 heteroatoms. The van der Waals surface area contributed by atoms with Gasteiger partial charge in [0.15, 0.2) is 11.0 Å². The number of hydrogen-bond donors (Lipinski definition) is 1. The van der Waals surface area contributed by atoms with Crippen LogP contribution in [0.1, 0.15) is 38.1 Å². The Hall–Kier alpha value is -1.97. The molecular formula is C21H24BrN5OS2. The van der Waals surface area contributed by atoms with E-state index >= 15 is 0 Å². The zero-order chi connectivity index (χ0) is 21.7. The van der Waals surface area contributed by atoms with E-state index in [2.05, 4.69) is 81.7 Å². The molecule has 2 heterocycles. The van der Waals surface area contributed by atoms with Gasteiger partial charge in [-0.05, 0) is 46.0 Å². The van der Waals surface area contributed by atoms with Crippen LogP contribution in [0, 0.1) is 0 Å². The summed E-state index contributed by atoms with van der Waals surface area (Å²) >= 11 is 6.30. The van der Waals surface area contributed by atoms with E-state index < -0.39 is 0 Å². The normalized spacial score (nSPS) is 11.9. The topological polar surface area (TPSA) is 72.2 Å². The third-order valence-electron chi connectivity index (χ3n) is 4.35. The van der Waals surface area contributed by atoms with Gasteiger partial charge in [-0.15, -0.1) is 21.5 Å². The number of carbonyl (C=O) groups is 1. The number of rotatable bonds is 7. The maximum Gasteiger partial charge on any atom is 0.250 e. The molecule has 0 radical (unpaired) electrons. The van der Waals surface area contributed by atoms with Gasteiger partial charge in [-0.2, -0.15) is 5.10 Å². The van der Waals surface area contributed by atoms with Gasteiger partial charge in [-0.3, -0.25) is 4.79 Å². The van der Waals surface area contributed by atoms with Crippen molar-refractivity contribution < 1.29 is 4.79 Å². The average Bonchev–Trinajstić information content (AvgIpc) is 3.31. The van der Waals surface area contributed by atoms with Crippen LogP contribution in [0.15, 0.2) is 50.4 Å². The Morgan fingerprint density at radius 3 is 2.57 bits per heavy atom. The van der Waals surface area contributed by atoms with E-state index in [0.717, 1.165) is 26.6 Å². The van der Waals surface area contributed by atoms with Crippen LogP contribution in [0.4, 0.5) is 0 Å². The lowest BCUT2D eigenvalue weighted by Gasteiger charge is -2.19. The fourth-order valence-corrected chi connectivity index (χ4v) is 4.83. The van der Waals surface area contributed by atoms with E-state index in [1.165, 1.54) is 17.3 Å². The van der Waals surface area contributed by atoms with Gasteiger partial charge in [0.05, 0.1) is 15.8 Å². The number of hydrogen-bond acceptors (Lipinski definition) is 6. The van der Waals surface area contributed by atoms with Crippen molar-refractivity contribution in [1.29, 1.82) is 0 Å². The van der Waals surface area contributed by atoms with Crippen molar-refractivity contribution in [2.24, 2.45) is 5.10 Å². The summed E-state index contributed by atoms with van der Waals surface area (Å²) < 4.78 is 3.05. The number of carbonyl (C=O) groups excluding carboxylic acids is 1. The Labute approximate surface area is 193 Å². The first kappa shape index (κ1) is 22.7. The van der Waals surface area contributed by atoms with Crippen LogP contribution in [-0.4, -0.2) is 32.6 Å². The number of thioether (sulfide) groups is 1. The lowest BCUT2D eigenvalue weighted by Crippen LogP contribution is -2.19. The van der Waals surface area contributed by atoms with Crippen LogP contribution in [0.3, 0.4) is 0 Å². The van der Waals surface area contributed by atoms with Crippen molar-refractivity contribution in [2.45, 2.75) is 44.8 Å². The second-order valence-corrected chi connectivity index (χ2v) is 11.0. The molecule has 1 aromatic carbocycles. The quantitative estimate of drug-likeness (QED) is 0.267. The number of amides is 1. The number of halogens is 1. The smallest absolute Gasteiger partial charge is 0.250 e. The summed E-state index contributed by atoms with van der Waals surface area (Å²) in [4.78, 5) is 13.1. The van der Waals surface area contributed by atoms with E-state index in [-0.39, 0.29) is 17.1 Å². The largest absolute Gasteiger partial charge is 0.302 e. The van der Waals surface area contributed by atoms with E-state index in [1.54, 1.807) is 17.6 Å². The summed E-state index contributed by atoms with van der Waals surface area (Å²) in [7, 11) is 0. The summed E-state index contributed by atoms with van der Waals surface area (Å²) in [6, 6.07) is 12.3. The third-order valence-corrected chi connectivity index (χ3v) is 6.87. The predicted molar refractivity (Wildman–Crippen MR) is 128 cm³/mol. The Morgan fingerprint density at radius 1 is 1.23 bits per heavy atom. The first-order valence-electron chi connectivity index (χ1n) is 9.52. The van der Waals surface area contributed by atoms with Crippen molar-refractivity contribution in [3.8, 4) is 11.4 Å². The highest BCUT2D eigenvalue weighted by Crippen LogP contribution is 2.27. The average molecular weight is 506 g/mol. The maximum absolute atomic E-state index is 12.1. The van der Waals surface area contributed by atoms with Gasteiger partial charge in [0.2, 0.25) is 0 Å². The number of thiophene rings is 1. The van der Waals surface area contributed by atoms with Crippen LogP contribution >= 0.6 is 39.0 Å². The SMILES string of the molecule is CCn1c(SCC(=O)N/N=C/c2ccc(Br)s2)nnc1-c1ccc(C(C)(C)C)cc1. The molecule has 158 valence electrons. The Kier molecular flexibility index (Phi) is 7.49. The number of aromatic nitrogens is 3. The first-order chi connectivity index (χ1) is 14.3. The highest BCUT2D eigenvalue weighted by atomic mass is 79.9. The molecule has 0 saturated carbocycles. The molecule has 0 spiro atoms. The number of benzene rings is 1. The van der Waals surface area contributed by atoms with E-state index in [9.17, 15) is 4.79 Å². The van der Waals surface area contributed by atoms with Crippen molar-refractivity contribution in [3.05, 3.63) is 50.6 Å². The molecule has 2 aromatic heterocycles. The van der Waals surface area contributed by atoms with Gasteiger partial charge in [-0.1, -0.05) is 56.8 Å². The molecule has 3 rings (SSSR count). The molecule has 3 aromatic rings. The molecule has 0 aliphatic heterocycles. The molecule has 30 heavy (non-hydrogen) atoms. The number of hydrazone groups is 1. The summed E-state index contributed by atoms with van der Waals surface area (Å²) in [5, 5.41) is 13.4. The molecule has 1 amide bonds. The van der Waals surface area contributed by atoms with E-state index in [0.29, 0.717) is 5.16 Å². The fraction of sp³-hybridized carbons (Fsp3) is 0.333. The Balaban J connectivity index is 1.62. The van der Waals surface area contributed by atoms with Crippen LogP contribution in [-0.2, 0) is 16.8 Å². The number of nitrogens with zero attached hydrogens (tertiary/aromatic N) is 4. The summed E-state index contributed by atoms with van der Waals surface area (Å²) in [5.74, 6) is 0.836. The van der Waals surface area contributed by atoms with Crippen molar-refractivity contribution in [3.63, 3.8) is 0 Å². The highest BCUT2D eigenvalue weighted by molar-refractivity contribution is 9.11. The summed E-state index contributed by atoms with van der Waals surface area (Å²) in [5.41, 5.74) is 4.94. The minimum absolute atomic E-state index is 0.105. The van der Waals surface area contributed by atoms with Gasteiger partial charge >= 0.3 is 0 Å². The lowest BCUT2D eigenvalue weighted by atomic mass is 9.87. The van der Waals surface area contributed by atoms with E-state index in [1.807, 2.05) is 23.6 Å². The number of nitrogens with one attached hydrogen (secondary N) is 1. The molecule has 0 bridgehead atoms. The monoisotopic (exact) mass is 505 g/mol. The zero-order valence-electron chi connectivity index (χ0n) is 17.3. The van der Waals surface area contributed by atoms with Crippen molar-refractivity contribution >= 4 is 51.2 Å². The highest BCUT2D eigenvalue weighted by Gasteiger charge is 2.17. The Morgan fingerprint density at radius 2 is 1.97 bits per heavy atom. The van der Waals surface area contributed by atoms with Gasteiger partial charge in [-0.25, -0.2) is 5.43 Å². The van der Waals surface area contributed by atoms with Gasteiger partial charge in [0, 0.05) is 17.0 Å². The molecule has 0 atom stereocenters. The van der Waals surface area contributed by atoms with Crippen molar-refractivity contribution in [1.82, 2.24) is 20.2 Å². The standard InChI is InChI=1S/C21H24BrN5OS2/c1-5-27-19(14-6-8-15(9-7-14)21(2,3)4)25-26-20(27)29-13-18(28)24-23-12-16-10-11-17(22)30-16/h6-12H,5,13H2,1-4H3,(H,24,28)/b23-12+. The molecule has 0 aliphatic rings. The molecule has 0 saturated heterocycles. The van der Waals surface area contributed by atoms with Gasteiger partial charge in [0.25, 0.3) is 5.91 Å².